The van der Waals surface area contributed by atoms with Crippen molar-refractivity contribution < 1.29 is 19.5 Å². The number of urea groups is 1. The highest BCUT2D eigenvalue weighted by molar-refractivity contribution is 9.10. The van der Waals surface area contributed by atoms with Gasteiger partial charge in [-0.3, -0.25) is 14.9 Å². The van der Waals surface area contributed by atoms with E-state index in [1.54, 1.807) is 72.3 Å². The maximum Gasteiger partial charge on any atom is 0.335 e. The first-order valence-electron chi connectivity index (χ1n) is 8.99. The van der Waals surface area contributed by atoms with E-state index in [4.69, 9.17) is 0 Å². The van der Waals surface area contributed by atoms with Crippen molar-refractivity contribution in [2.45, 2.75) is 6.92 Å². The second kappa shape index (κ2) is 7.64. The smallest absolute Gasteiger partial charge is 0.335 e. The van der Waals surface area contributed by atoms with Crippen molar-refractivity contribution in [1.82, 2.24) is 9.88 Å². The third kappa shape index (κ3) is 3.53. The molecule has 1 fully saturated rings. The van der Waals surface area contributed by atoms with Crippen molar-refractivity contribution in [1.29, 1.82) is 0 Å². The Balaban J connectivity index is 1.76. The molecule has 2 aromatic carbocycles. The topological polar surface area (TPSA) is 91.6 Å². The molecule has 7 nitrogen and oxygen atoms in total. The summed E-state index contributed by atoms with van der Waals surface area (Å²) in [4.78, 5) is 39.0. The van der Waals surface area contributed by atoms with Gasteiger partial charge in [0.05, 0.1) is 5.69 Å². The number of nitrogens with zero attached hydrogens (tertiary/aromatic N) is 2. The summed E-state index contributed by atoms with van der Waals surface area (Å²) in [5.41, 5.74) is 2.25. The minimum atomic E-state index is -0.790. The largest absolute Gasteiger partial charge is 0.508 e. The van der Waals surface area contributed by atoms with E-state index in [2.05, 4.69) is 21.2 Å². The highest BCUT2D eigenvalue weighted by Crippen LogP contribution is 2.28. The van der Waals surface area contributed by atoms with Gasteiger partial charge in [0.2, 0.25) is 0 Å². The molecule has 4 rings (SSSR count). The first-order chi connectivity index (χ1) is 14.3. The minimum Gasteiger partial charge on any atom is -0.508 e. The van der Waals surface area contributed by atoms with Crippen LogP contribution >= 0.6 is 15.9 Å². The van der Waals surface area contributed by atoms with Crippen molar-refractivity contribution in [2.75, 3.05) is 4.90 Å². The van der Waals surface area contributed by atoms with Crippen LogP contribution in [-0.4, -0.2) is 27.5 Å². The van der Waals surface area contributed by atoms with E-state index < -0.39 is 17.8 Å². The lowest BCUT2D eigenvalue weighted by Crippen LogP contribution is -2.54. The molecule has 150 valence electrons. The molecule has 0 bridgehead atoms. The van der Waals surface area contributed by atoms with E-state index >= 15 is 0 Å². The lowest BCUT2D eigenvalue weighted by molar-refractivity contribution is -0.122. The predicted octanol–water partition coefficient (Wildman–Crippen LogP) is 3.92. The number of hydrogen-bond acceptors (Lipinski definition) is 4. The SMILES string of the molecule is Cc1cc(Br)ccc1N1C(=O)NC(=O)/C(=C\c2cccn2-c2ccc(O)cc2)C1=O. The summed E-state index contributed by atoms with van der Waals surface area (Å²) in [6, 6.07) is 14.4. The Morgan fingerprint density at radius 2 is 1.77 bits per heavy atom. The Morgan fingerprint density at radius 1 is 1.03 bits per heavy atom. The van der Waals surface area contributed by atoms with E-state index in [1.807, 2.05) is 0 Å². The fraction of sp³-hybridized carbons (Fsp3) is 0.0455. The van der Waals surface area contributed by atoms with Gasteiger partial charge in [-0.05, 0) is 73.2 Å². The quantitative estimate of drug-likeness (QED) is 0.452. The van der Waals surface area contributed by atoms with Crippen LogP contribution in [0.5, 0.6) is 5.75 Å². The van der Waals surface area contributed by atoms with Crippen molar-refractivity contribution in [3.05, 3.63) is 82.1 Å². The molecule has 0 spiro atoms. The minimum absolute atomic E-state index is 0.131. The van der Waals surface area contributed by atoms with Gasteiger partial charge in [-0.15, -0.1) is 0 Å². The number of carbonyl (C=O) groups excluding carboxylic acids is 3. The number of anilines is 1. The van der Waals surface area contributed by atoms with Crippen LogP contribution in [0, 0.1) is 6.92 Å². The first-order valence-corrected chi connectivity index (χ1v) is 9.79. The number of barbiturate groups is 1. The van der Waals surface area contributed by atoms with E-state index in [-0.39, 0.29) is 11.3 Å². The first kappa shape index (κ1) is 19.7. The van der Waals surface area contributed by atoms with E-state index in [9.17, 15) is 19.5 Å². The van der Waals surface area contributed by atoms with Gasteiger partial charge in [-0.25, -0.2) is 9.69 Å². The van der Waals surface area contributed by atoms with Gasteiger partial charge < -0.3 is 9.67 Å². The van der Waals surface area contributed by atoms with Gasteiger partial charge in [0.25, 0.3) is 11.8 Å². The molecule has 8 heteroatoms. The number of aromatic hydroxyl groups is 1. The van der Waals surface area contributed by atoms with Gasteiger partial charge in [-0.2, -0.15) is 0 Å². The van der Waals surface area contributed by atoms with Crippen molar-refractivity contribution in [3.8, 4) is 11.4 Å². The summed E-state index contributed by atoms with van der Waals surface area (Å²) in [6.45, 7) is 1.77. The van der Waals surface area contributed by atoms with Crippen LogP contribution in [0.25, 0.3) is 11.8 Å². The number of phenols is 1. The molecule has 1 aliphatic heterocycles. The number of aryl methyl sites for hydroxylation is 1. The zero-order valence-electron chi connectivity index (χ0n) is 15.8. The number of benzene rings is 2. The van der Waals surface area contributed by atoms with Gasteiger partial charge in [0, 0.05) is 22.1 Å². The second-order valence-corrected chi connectivity index (χ2v) is 7.62. The van der Waals surface area contributed by atoms with Crippen LogP contribution in [0.3, 0.4) is 0 Å². The maximum absolute atomic E-state index is 13.1. The summed E-state index contributed by atoms with van der Waals surface area (Å²) in [6.07, 6.45) is 3.21. The number of rotatable bonds is 3. The standard InChI is InChI=1S/C22H16BrN3O4/c1-13-11-14(23)4-9-19(13)26-21(29)18(20(28)24-22(26)30)12-16-3-2-10-25(16)15-5-7-17(27)8-6-15/h2-12,27H,1H3,(H,24,28,30)/b18-12+. The molecular weight excluding hydrogens is 450 g/mol. The average molecular weight is 466 g/mol. The molecule has 30 heavy (non-hydrogen) atoms. The van der Waals surface area contributed by atoms with Gasteiger partial charge in [0.1, 0.15) is 11.3 Å². The maximum atomic E-state index is 13.1. The molecule has 1 aliphatic rings. The number of carbonyl (C=O) groups is 3. The van der Waals surface area contributed by atoms with Gasteiger partial charge in [0.15, 0.2) is 0 Å². The fourth-order valence-corrected chi connectivity index (χ4v) is 3.73. The second-order valence-electron chi connectivity index (χ2n) is 6.71. The lowest BCUT2D eigenvalue weighted by Gasteiger charge is -2.27. The average Bonchev–Trinajstić information content (AvgIpc) is 3.15. The van der Waals surface area contributed by atoms with Gasteiger partial charge >= 0.3 is 6.03 Å². The molecule has 0 saturated carbocycles. The molecule has 0 aliphatic carbocycles. The molecule has 2 N–H and O–H groups in total. The Bertz CT molecular complexity index is 1210. The summed E-state index contributed by atoms with van der Waals surface area (Å²) in [5.74, 6) is -1.33. The number of nitrogens with one attached hydrogen (secondary N) is 1. The number of aromatic nitrogens is 1. The van der Waals surface area contributed by atoms with Crippen molar-refractivity contribution >= 4 is 45.5 Å². The number of halogens is 1. The number of imide groups is 2. The molecule has 1 aromatic heterocycles. The summed E-state index contributed by atoms with van der Waals surface area (Å²) >= 11 is 3.36. The highest BCUT2D eigenvalue weighted by atomic mass is 79.9. The molecule has 0 unspecified atom stereocenters. The molecule has 0 radical (unpaired) electrons. The van der Waals surface area contributed by atoms with Crippen molar-refractivity contribution in [2.24, 2.45) is 0 Å². The zero-order chi connectivity index (χ0) is 21.4. The van der Waals surface area contributed by atoms with E-state index in [0.29, 0.717) is 16.9 Å². The predicted molar refractivity (Wildman–Crippen MR) is 115 cm³/mol. The third-order valence-corrected chi connectivity index (χ3v) is 5.20. The highest BCUT2D eigenvalue weighted by Gasteiger charge is 2.37. The Morgan fingerprint density at radius 3 is 2.47 bits per heavy atom. The van der Waals surface area contributed by atoms with Crippen LogP contribution < -0.4 is 10.2 Å². The number of hydrogen-bond donors (Lipinski definition) is 2. The van der Waals surface area contributed by atoms with E-state index in [0.717, 1.165) is 15.1 Å². The van der Waals surface area contributed by atoms with Gasteiger partial charge in [-0.1, -0.05) is 15.9 Å². The molecule has 3 aromatic rings. The van der Waals surface area contributed by atoms with Crippen LogP contribution in [-0.2, 0) is 9.59 Å². The normalized spacial score (nSPS) is 15.6. The molecule has 1 saturated heterocycles. The zero-order valence-corrected chi connectivity index (χ0v) is 17.4. The Labute approximate surface area is 180 Å². The van der Waals surface area contributed by atoms with Crippen LogP contribution in [0.15, 0.2) is 70.8 Å². The fourth-order valence-electron chi connectivity index (χ4n) is 3.25. The molecule has 0 atom stereocenters. The Kier molecular flexibility index (Phi) is 5.01. The Hall–Kier alpha value is -3.65. The third-order valence-electron chi connectivity index (χ3n) is 4.70. The summed E-state index contributed by atoms with van der Waals surface area (Å²) < 4.78 is 2.57. The molecule has 2 heterocycles. The summed E-state index contributed by atoms with van der Waals surface area (Å²) in [7, 11) is 0. The van der Waals surface area contributed by atoms with Crippen LogP contribution in [0.1, 0.15) is 11.3 Å². The summed E-state index contributed by atoms with van der Waals surface area (Å²) in [5, 5.41) is 11.7. The number of amides is 4. The lowest BCUT2D eigenvalue weighted by atomic mass is 10.1. The number of phenolic OH excluding ortho intramolecular Hbond substituents is 1. The molecular formula is C22H16BrN3O4. The van der Waals surface area contributed by atoms with E-state index in [1.165, 1.54) is 6.08 Å². The van der Waals surface area contributed by atoms with Crippen LogP contribution in [0.4, 0.5) is 10.5 Å². The van der Waals surface area contributed by atoms with Crippen molar-refractivity contribution in [3.63, 3.8) is 0 Å². The van der Waals surface area contributed by atoms with Crippen LogP contribution in [0.2, 0.25) is 0 Å². The monoisotopic (exact) mass is 465 g/mol. The molecule has 4 amide bonds.